The van der Waals surface area contributed by atoms with Crippen molar-refractivity contribution in [1.29, 1.82) is 0 Å². The topological polar surface area (TPSA) is 65.3 Å². The predicted octanol–water partition coefficient (Wildman–Crippen LogP) is 2.32. The van der Waals surface area contributed by atoms with Crippen LogP contribution in [0.4, 0.5) is 18.9 Å². The summed E-state index contributed by atoms with van der Waals surface area (Å²) < 4.78 is 40.7. The molecule has 1 rings (SSSR count). The lowest BCUT2D eigenvalue weighted by Crippen LogP contribution is -2.31. The quantitative estimate of drug-likeness (QED) is 0.596. The SMILES string of the molecule is C[C@H](Oc1ccc([N+](=O)[O-])cn1)C(F)(F)F. The summed E-state index contributed by atoms with van der Waals surface area (Å²) in [5.74, 6) is -0.310. The highest BCUT2D eigenvalue weighted by Gasteiger charge is 2.38. The van der Waals surface area contributed by atoms with Crippen LogP contribution < -0.4 is 4.74 Å². The van der Waals surface area contributed by atoms with E-state index in [1.807, 2.05) is 0 Å². The number of nitro groups is 1. The van der Waals surface area contributed by atoms with E-state index in [1.165, 1.54) is 0 Å². The number of rotatable bonds is 3. The monoisotopic (exact) mass is 236 g/mol. The fraction of sp³-hybridized carbons (Fsp3) is 0.375. The van der Waals surface area contributed by atoms with Crippen LogP contribution in [-0.2, 0) is 0 Å². The van der Waals surface area contributed by atoms with Crippen LogP contribution >= 0.6 is 0 Å². The Morgan fingerprint density at radius 1 is 1.50 bits per heavy atom. The first kappa shape index (κ1) is 12.2. The van der Waals surface area contributed by atoms with Crippen molar-refractivity contribution in [2.24, 2.45) is 0 Å². The average molecular weight is 236 g/mol. The molecule has 16 heavy (non-hydrogen) atoms. The third-order valence-corrected chi connectivity index (χ3v) is 1.69. The van der Waals surface area contributed by atoms with Crippen molar-refractivity contribution in [2.75, 3.05) is 0 Å². The summed E-state index contributed by atoms with van der Waals surface area (Å²) >= 11 is 0. The highest BCUT2D eigenvalue weighted by Crippen LogP contribution is 2.24. The van der Waals surface area contributed by atoms with Gasteiger partial charge in [-0.05, 0) is 6.92 Å². The first-order valence-corrected chi connectivity index (χ1v) is 4.14. The maximum absolute atomic E-state index is 12.1. The Labute approximate surface area is 88.0 Å². The molecule has 0 saturated heterocycles. The second-order valence-electron chi connectivity index (χ2n) is 2.91. The molecule has 1 aromatic rings. The van der Waals surface area contributed by atoms with Gasteiger partial charge in [0.2, 0.25) is 5.88 Å². The largest absolute Gasteiger partial charge is 0.465 e. The zero-order chi connectivity index (χ0) is 12.3. The maximum atomic E-state index is 12.1. The molecule has 0 unspecified atom stereocenters. The standard InChI is InChI=1S/C8H7F3N2O3/c1-5(8(9,10)11)16-7-3-2-6(4-12-7)13(14)15/h2-5H,1H3/t5-/m0/s1. The predicted molar refractivity (Wildman–Crippen MR) is 47.0 cm³/mol. The molecular formula is C8H7F3N2O3. The van der Waals surface area contributed by atoms with Crippen LogP contribution in [0.2, 0.25) is 0 Å². The Balaban J connectivity index is 2.73. The zero-order valence-electron chi connectivity index (χ0n) is 8.06. The molecule has 0 radical (unpaired) electrons. The van der Waals surface area contributed by atoms with E-state index in [9.17, 15) is 23.3 Å². The molecule has 0 bridgehead atoms. The molecule has 1 aromatic heterocycles. The molecule has 0 fully saturated rings. The van der Waals surface area contributed by atoms with E-state index in [-0.39, 0.29) is 11.6 Å². The highest BCUT2D eigenvalue weighted by atomic mass is 19.4. The minimum atomic E-state index is -4.50. The van der Waals surface area contributed by atoms with E-state index in [4.69, 9.17) is 0 Å². The van der Waals surface area contributed by atoms with Crippen LogP contribution in [0.3, 0.4) is 0 Å². The third-order valence-electron chi connectivity index (χ3n) is 1.69. The first-order chi connectivity index (χ1) is 7.30. The Hall–Kier alpha value is -1.86. The molecule has 0 aliphatic rings. The lowest BCUT2D eigenvalue weighted by atomic mass is 10.4. The van der Waals surface area contributed by atoms with Gasteiger partial charge in [-0.1, -0.05) is 0 Å². The Morgan fingerprint density at radius 3 is 2.50 bits per heavy atom. The fourth-order valence-electron chi connectivity index (χ4n) is 0.798. The third kappa shape index (κ3) is 3.07. The first-order valence-electron chi connectivity index (χ1n) is 4.14. The fourth-order valence-corrected chi connectivity index (χ4v) is 0.798. The van der Waals surface area contributed by atoms with Crippen molar-refractivity contribution < 1.29 is 22.8 Å². The summed E-state index contributed by atoms with van der Waals surface area (Å²) in [6.45, 7) is 0.823. The van der Waals surface area contributed by atoms with Crippen molar-refractivity contribution in [3.63, 3.8) is 0 Å². The molecule has 0 aliphatic heterocycles. The Bertz CT molecular complexity index is 377. The lowest BCUT2D eigenvalue weighted by molar-refractivity contribution is -0.385. The van der Waals surface area contributed by atoms with Crippen LogP contribution in [-0.4, -0.2) is 22.2 Å². The van der Waals surface area contributed by atoms with Gasteiger partial charge in [0.15, 0.2) is 6.10 Å². The summed E-state index contributed by atoms with van der Waals surface area (Å²) in [5, 5.41) is 10.2. The second-order valence-corrected chi connectivity index (χ2v) is 2.91. The van der Waals surface area contributed by atoms with Crippen LogP contribution in [0.5, 0.6) is 5.88 Å². The Morgan fingerprint density at radius 2 is 2.12 bits per heavy atom. The van der Waals surface area contributed by atoms with E-state index in [1.54, 1.807) is 0 Å². The van der Waals surface area contributed by atoms with E-state index >= 15 is 0 Å². The molecule has 88 valence electrons. The van der Waals surface area contributed by atoms with Gasteiger partial charge in [0.05, 0.1) is 4.92 Å². The second kappa shape index (κ2) is 4.33. The van der Waals surface area contributed by atoms with Gasteiger partial charge in [-0.2, -0.15) is 13.2 Å². The zero-order valence-corrected chi connectivity index (χ0v) is 8.06. The van der Waals surface area contributed by atoms with Crippen molar-refractivity contribution in [2.45, 2.75) is 19.2 Å². The molecular weight excluding hydrogens is 229 g/mol. The summed E-state index contributed by atoms with van der Waals surface area (Å²) in [6, 6.07) is 2.03. The number of halogens is 3. The van der Waals surface area contributed by atoms with Crippen LogP contribution in [0.1, 0.15) is 6.92 Å². The van der Waals surface area contributed by atoms with Crippen molar-refractivity contribution in [3.05, 3.63) is 28.4 Å². The molecule has 0 spiro atoms. The molecule has 0 aliphatic carbocycles. The van der Waals surface area contributed by atoms with Gasteiger partial charge in [0, 0.05) is 12.1 Å². The van der Waals surface area contributed by atoms with Gasteiger partial charge in [-0.15, -0.1) is 0 Å². The van der Waals surface area contributed by atoms with E-state index in [0.717, 1.165) is 25.3 Å². The van der Waals surface area contributed by atoms with Crippen molar-refractivity contribution in [3.8, 4) is 5.88 Å². The number of ether oxygens (including phenoxy) is 1. The number of aromatic nitrogens is 1. The number of hydrogen-bond donors (Lipinski definition) is 0. The molecule has 0 amide bonds. The van der Waals surface area contributed by atoms with Gasteiger partial charge in [-0.3, -0.25) is 10.1 Å². The number of nitrogens with zero attached hydrogens (tertiary/aromatic N) is 2. The summed E-state index contributed by atoms with van der Waals surface area (Å²) in [7, 11) is 0. The highest BCUT2D eigenvalue weighted by molar-refractivity contribution is 5.28. The van der Waals surface area contributed by atoms with Gasteiger partial charge in [-0.25, -0.2) is 4.98 Å². The molecule has 1 heterocycles. The number of hydrogen-bond acceptors (Lipinski definition) is 4. The van der Waals surface area contributed by atoms with Gasteiger partial charge < -0.3 is 4.74 Å². The average Bonchev–Trinajstić information content (AvgIpc) is 2.17. The summed E-state index contributed by atoms with van der Waals surface area (Å²) in [4.78, 5) is 12.9. The molecule has 0 N–H and O–H groups in total. The maximum Gasteiger partial charge on any atom is 0.425 e. The minimum Gasteiger partial charge on any atom is -0.465 e. The van der Waals surface area contributed by atoms with E-state index < -0.39 is 17.2 Å². The van der Waals surface area contributed by atoms with Gasteiger partial charge in [0.1, 0.15) is 6.20 Å². The van der Waals surface area contributed by atoms with E-state index in [0.29, 0.717) is 0 Å². The lowest BCUT2D eigenvalue weighted by Gasteiger charge is -2.16. The molecule has 8 heteroatoms. The van der Waals surface area contributed by atoms with Crippen molar-refractivity contribution in [1.82, 2.24) is 4.98 Å². The summed E-state index contributed by atoms with van der Waals surface area (Å²) in [5.41, 5.74) is -0.313. The van der Waals surface area contributed by atoms with Crippen LogP contribution in [0.15, 0.2) is 18.3 Å². The minimum absolute atomic E-state index is 0.310. The van der Waals surface area contributed by atoms with Crippen LogP contribution in [0.25, 0.3) is 0 Å². The summed E-state index contributed by atoms with van der Waals surface area (Å²) in [6.07, 6.45) is -5.68. The van der Waals surface area contributed by atoms with Crippen LogP contribution in [0, 0.1) is 10.1 Å². The van der Waals surface area contributed by atoms with Gasteiger partial charge >= 0.3 is 6.18 Å². The molecule has 5 nitrogen and oxygen atoms in total. The number of pyridine rings is 1. The van der Waals surface area contributed by atoms with Gasteiger partial charge in [0.25, 0.3) is 5.69 Å². The normalized spacial score (nSPS) is 13.2. The Kier molecular flexibility index (Phi) is 3.31. The molecule has 0 saturated carbocycles. The molecule has 0 aromatic carbocycles. The van der Waals surface area contributed by atoms with E-state index in [2.05, 4.69) is 9.72 Å². The van der Waals surface area contributed by atoms with Crippen molar-refractivity contribution >= 4 is 5.69 Å². The molecule has 1 atom stereocenters. The number of alkyl halides is 3. The smallest absolute Gasteiger partial charge is 0.425 e.